The quantitative estimate of drug-likeness (QED) is 0.852. The van der Waals surface area contributed by atoms with Gasteiger partial charge in [-0.1, -0.05) is 23.6 Å². The molecule has 108 valence electrons. The Morgan fingerprint density at radius 2 is 2.15 bits per heavy atom. The molecule has 0 amide bonds. The number of rotatable bonds is 6. The number of anilines is 2. The molecule has 1 heterocycles. The van der Waals surface area contributed by atoms with Crippen molar-refractivity contribution in [2.24, 2.45) is 0 Å². The molecule has 20 heavy (non-hydrogen) atoms. The maximum absolute atomic E-state index is 13.2. The highest BCUT2D eigenvalue weighted by molar-refractivity contribution is 6.30. The summed E-state index contributed by atoms with van der Waals surface area (Å²) in [6, 6.07) is 4.27. The average molecular weight is 299 g/mol. The van der Waals surface area contributed by atoms with Gasteiger partial charge in [0.2, 0.25) is 5.89 Å². The van der Waals surface area contributed by atoms with Gasteiger partial charge in [-0.05, 0) is 38.1 Å². The minimum absolute atomic E-state index is 0.0332. The van der Waals surface area contributed by atoms with Crippen molar-refractivity contribution in [1.29, 1.82) is 0 Å². The van der Waals surface area contributed by atoms with E-state index in [1.54, 1.807) is 6.07 Å². The minimum Gasteiger partial charge on any atom is -0.406 e. The van der Waals surface area contributed by atoms with E-state index < -0.39 is 5.82 Å². The fraction of sp³-hybridized carbons (Fsp3) is 0.385. The first-order valence-corrected chi connectivity index (χ1v) is 6.76. The summed E-state index contributed by atoms with van der Waals surface area (Å²) >= 11 is 5.77. The van der Waals surface area contributed by atoms with E-state index in [0.717, 1.165) is 13.0 Å². The molecule has 2 aromatic rings. The van der Waals surface area contributed by atoms with E-state index >= 15 is 0 Å². The summed E-state index contributed by atoms with van der Waals surface area (Å²) < 4.78 is 18.7. The molecule has 0 fully saturated rings. The topological polar surface area (TPSA) is 63.0 Å². The Kier molecular flexibility index (Phi) is 4.92. The van der Waals surface area contributed by atoms with Gasteiger partial charge in [0.05, 0.1) is 6.04 Å². The molecule has 2 N–H and O–H groups in total. The largest absolute Gasteiger partial charge is 0.406 e. The average Bonchev–Trinajstić information content (AvgIpc) is 2.83. The molecule has 0 radical (unpaired) electrons. The third-order valence-corrected chi connectivity index (χ3v) is 2.84. The molecule has 0 aliphatic carbocycles. The SMILES string of the molecule is CCCNC(C)c1nnc(Nc2cc(F)cc(Cl)c2)o1. The van der Waals surface area contributed by atoms with Crippen LogP contribution in [-0.4, -0.2) is 16.7 Å². The highest BCUT2D eigenvalue weighted by atomic mass is 35.5. The fourth-order valence-electron chi connectivity index (χ4n) is 1.66. The lowest BCUT2D eigenvalue weighted by molar-refractivity contribution is 0.424. The van der Waals surface area contributed by atoms with Crippen molar-refractivity contribution in [2.75, 3.05) is 11.9 Å². The van der Waals surface area contributed by atoms with Crippen LogP contribution in [0.1, 0.15) is 32.2 Å². The Morgan fingerprint density at radius 1 is 1.35 bits per heavy atom. The van der Waals surface area contributed by atoms with Crippen molar-refractivity contribution in [1.82, 2.24) is 15.5 Å². The van der Waals surface area contributed by atoms with Gasteiger partial charge in [0.25, 0.3) is 0 Å². The zero-order valence-corrected chi connectivity index (χ0v) is 12.0. The van der Waals surface area contributed by atoms with Gasteiger partial charge in [0.15, 0.2) is 0 Å². The molecule has 0 aliphatic heterocycles. The fourth-order valence-corrected chi connectivity index (χ4v) is 1.88. The number of nitrogens with one attached hydrogen (secondary N) is 2. The summed E-state index contributed by atoms with van der Waals surface area (Å²) in [7, 11) is 0. The molecule has 0 bridgehead atoms. The van der Waals surface area contributed by atoms with E-state index in [9.17, 15) is 4.39 Å². The predicted molar refractivity (Wildman–Crippen MR) is 75.7 cm³/mol. The van der Waals surface area contributed by atoms with Gasteiger partial charge in [-0.15, -0.1) is 5.10 Å². The van der Waals surface area contributed by atoms with E-state index in [0.29, 0.717) is 16.6 Å². The lowest BCUT2D eigenvalue weighted by Gasteiger charge is -2.07. The van der Waals surface area contributed by atoms with Crippen molar-refractivity contribution < 1.29 is 8.81 Å². The Morgan fingerprint density at radius 3 is 2.85 bits per heavy atom. The van der Waals surface area contributed by atoms with Crippen LogP contribution in [0.25, 0.3) is 0 Å². The zero-order valence-electron chi connectivity index (χ0n) is 11.3. The van der Waals surface area contributed by atoms with Crippen molar-refractivity contribution in [2.45, 2.75) is 26.3 Å². The van der Waals surface area contributed by atoms with Gasteiger partial charge in [0, 0.05) is 10.7 Å². The van der Waals surface area contributed by atoms with Gasteiger partial charge in [-0.25, -0.2) is 4.39 Å². The highest BCUT2D eigenvalue weighted by Gasteiger charge is 2.13. The van der Waals surface area contributed by atoms with Crippen LogP contribution >= 0.6 is 11.6 Å². The van der Waals surface area contributed by atoms with Gasteiger partial charge in [-0.3, -0.25) is 0 Å². The second kappa shape index (κ2) is 6.67. The van der Waals surface area contributed by atoms with Crippen molar-refractivity contribution >= 4 is 23.3 Å². The van der Waals surface area contributed by atoms with Crippen LogP contribution in [0, 0.1) is 5.82 Å². The zero-order chi connectivity index (χ0) is 14.5. The lowest BCUT2D eigenvalue weighted by Crippen LogP contribution is -2.19. The van der Waals surface area contributed by atoms with E-state index in [1.165, 1.54) is 12.1 Å². The van der Waals surface area contributed by atoms with Crippen LogP contribution in [0.4, 0.5) is 16.1 Å². The minimum atomic E-state index is -0.433. The molecule has 2 rings (SSSR count). The Hall–Kier alpha value is -1.66. The molecule has 0 saturated heterocycles. The van der Waals surface area contributed by atoms with Gasteiger partial charge < -0.3 is 15.1 Å². The summed E-state index contributed by atoms with van der Waals surface area (Å²) in [5, 5.41) is 14.2. The third kappa shape index (κ3) is 3.91. The number of halogens is 2. The smallest absolute Gasteiger partial charge is 0.320 e. The molecule has 1 aromatic carbocycles. The molecule has 0 saturated carbocycles. The molecule has 5 nitrogen and oxygen atoms in total. The summed E-state index contributed by atoms with van der Waals surface area (Å²) in [5.74, 6) is 0.0427. The molecule has 1 unspecified atom stereocenters. The second-order valence-corrected chi connectivity index (χ2v) is 4.84. The molecule has 1 aromatic heterocycles. The normalized spacial score (nSPS) is 12.4. The lowest BCUT2D eigenvalue weighted by atomic mass is 10.3. The maximum Gasteiger partial charge on any atom is 0.320 e. The standard InChI is InChI=1S/C13H16ClFN4O/c1-3-4-16-8(2)12-18-19-13(20-12)17-11-6-9(14)5-10(15)7-11/h5-8,16H,3-4H2,1-2H3,(H,17,19). The van der Waals surface area contributed by atoms with Crippen LogP contribution in [-0.2, 0) is 0 Å². The van der Waals surface area contributed by atoms with Crippen LogP contribution in [0.3, 0.4) is 0 Å². The van der Waals surface area contributed by atoms with Crippen LogP contribution in [0.5, 0.6) is 0 Å². The van der Waals surface area contributed by atoms with Crippen molar-refractivity contribution in [3.8, 4) is 0 Å². The summed E-state index contributed by atoms with van der Waals surface area (Å²) in [6.07, 6.45) is 1.02. The molecule has 1 atom stereocenters. The first-order chi connectivity index (χ1) is 9.58. The first-order valence-electron chi connectivity index (χ1n) is 6.38. The van der Waals surface area contributed by atoms with Gasteiger partial charge in [-0.2, -0.15) is 0 Å². The summed E-state index contributed by atoms with van der Waals surface area (Å²) in [4.78, 5) is 0. The van der Waals surface area contributed by atoms with E-state index in [-0.39, 0.29) is 12.1 Å². The van der Waals surface area contributed by atoms with Gasteiger partial charge in [0.1, 0.15) is 5.82 Å². The second-order valence-electron chi connectivity index (χ2n) is 4.40. The molecular formula is C13H16ClFN4O. The Balaban J connectivity index is 2.05. The number of benzene rings is 1. The highest BCUT2D eigenvalue weighted by Crippen LogP contribution is 2.22. The molecular weight excluding hydrogens is 283 g/mol. The number of aromatic nitrogens is 2. The van der Waals surface area contributed by atoms with Crippen molar-refractivity contribution in [3.05, 3.63) is 34.9 Å². The van der Waals surface area contributed by atoms with Gasteiger partial charge >= 0.3 is 6.01 Å². The van der Waals surface area contributed by atoms with Crippen molar-refractivity contribution in [3.63, 3.8) is 0 Å². The maximum atomic E-state index is 13.2. The first kappa shape index (κ1) is 14.7. The number of hydrogen-bond donors (Lipinski definition) is 2. The summed E-state index contributed by atoms with van der Waals surface area (Å²) in [5.41, 5.74) is 0.458. The van der Waals surface area contributed by atoms with E-state index in [4.69, 9.17) is 16.0 Å². The molecule has 7 heteroatoms. The van der Waals surface area contributed by atoms with Crippen LogP contribution in [0.15, 0.2) is 22.6 Å². The Labute approximate surface area is 121 Å². The molecule has 0 aliphatic rings. The van der Waals surface area contributed by atoms with E-state index in [2.05, 4.69) is 27.8 Å². The van der Waals surface area contributed by atoms with Crippen LogP contribution in [0.2, 0.25) is 5.02 Å². The monoisotopic (exact) mass is 298 g/mol. The van der Waals surface area contributed by atoms with E-state index in [1.807, 2.05) is 6.92 Å². The van der Waals surface area contributed by atoms with Crippen LogP contribution < -0.4 is 10.6 Å². The predicted octanol–water partition coefficient (Wildman–Crippen LogP) is 3.67. The number of hydrogen-bond acceptors (Lipinski definition) is 5. The Bertz CT molecular complexity index is 555. The number of nitrogens with zero attached hydrogens (tertiary/aromatic N) is 2. The molecule has 0 spiro atoms. The summed E-state index contributed by atoms with van der Waals surface area (Å²) in [6.45, 7) is 4.88. The third-order valence-electron chi connectivity index (χ3n) is 2.63.